The van der Waals surface area contributed by atoms with E-state index in [0.717, 1.165) is 31.6 Å². The molecule has 0 aromatic carbocycles. The number of aromatic nitrogens is 4. The number of piperidine rings is 1. The molecule has 2 N–H and O–H groups in total. The Kier molecular flexibility index (Phi) is 3.96. The molecule has 21 heavy (non-hydrogen) atoms. The van der Waals surface area contributed by atoms with Crippen LogP contribution in [0.2, 0.25) is 0 Å². The Bertz CT molecular complexity index is 614. The molecule has 1 aliphatic heterocycles. The van der Waals surface area contributed by atoms with Crippen molar-refractivity contribution in [3.05, 3.63) is 29.4 Å². The van der Waals surface area contributed by atoms with Crippen LogP contribution in [0.1, 0.15) is 40.8 Å². The summed E-state index contributed by atoms with van der Waals surface area (Å²) >= 11 is 0. The Labute approximate surface area is 121 Å². The molecule has 8 nitrogen and oxygen atoms in total. The van der Waals surface area contributed by atoms with Crippen molar-refractivity contribution in [1.29, 1.82) is 0 Å². The zero-order valence-corrected chi connectivity index (χ0v) is 11.9. The van der Waals surface area contributed by atoms with Crippen LogP contribution in [0.25, 0.3) is 0 Å². The summed E-state index contributed by atoms with van der Waals surface area (Å²) in [7, 11) is 0. The molecule has 0 unspecified atom stereocenters. The number of aryl methyl sites for hydroxylation is 1. The molecule has 0 aliphatic carbocycles. The predicted octanol–water partition coefficient (Wildman–Crippen LogP) is 0.429. The minimum Gasteiger partial charge on any atom is -0.359 e. The zero-order chi connectivity index (χ0) is 14.7. The zero-order valence-electron chi connectivity index (χ0n) is 11.9. The van der Waals surface area contributed by atoms with Crippen LogP contribution in [0.3, 0.4) is 0 Å². The second kappa shape index (κ2) is 6.04. The third-order valence-electron chi connectivity index (χ3n) is 3.53. The highest BCUT2D eigenvalue weighted by Crippen LogP contribution is 2.17. The number of hydrogen-bond acceptors (Lipinski definition) is 6. The van der Waals surface area contributed by atoms with Crippen LogP contribution in [0.15, 0.2) is 16.8 Å². The quantitative estimate of drug-likeness (QED) is 0.847. The van der Waals surface area contributed by atoms with E-state index in [1.165, 1.54) is 0 Å². The van der Waals surface area contributed by atoms with Gasteiger partial charge in [-0.05, 0) is 32.9 Å². The maximum absolute atomic E-state index is 12.0. The second-order valence-corrected chi connectivity index (χ2v) is 5.18. The first-order valence-electron chi connectivity index (χ1n) is 7.05. The predicted molar refractivity (Wildman–Crippen MR) is 73.6 cm³/mol. The Morgan fingerprint density at radius 3 is 3.05 bits per heavy atom. The second-order valence-electron chi connectivity index (χ2n) is 5.18. The van der Waals surface area contributed by atoms with Crippen molar-refractivity contribution in [2.24, 2.45) is 0 Å². The summed E-state index contributed by atoms with van der Waals surface area (Å²) in [4.78, 5) is 12.0. The molecule has 1 amide bonds. The molecule has 3 heterocycles. The lowest BCUT2D eigenvalue weighted by Gasteiger charge is -2.22. The van der Waals surface area contributed by atoms with Gasteiger partial charge in [-0.25, -0.2) is 4.68 Å². The van der Waals surface area contributed by atoms with Gasteiger partial charge in [-0.1, -0.05) is 10.4 Å². The summed E-state index contributed by atoms with van der Waals surface area (Å²) in [5.74, 6) is 0.357. The topological polar surface area (TPSA) is 97.9 Å². The smallest absolute Gasteiger partial charge is 0.273 e. The van der Waals surface area contributed by atoms with Gasteiger partial charge in [-0.2, -0.15) is 0 Å². The molecule has 2 aromatic rings. The van der Waals surface area contributed by atoms with E-state index in [9.17, 15) is 4.79 Å². The van der Waals surface area contributed by atoms with Gasteiger partial charge >= 0.3 is 0 Å². The Morgan fingerprint density at radius 1 is 1.52 bits per heavy atom. The lowest BCUT2D eigenvalue weighted by atomic mass is 10.1. The number of amides is 1. The number of rotatable bonds is 4. The molecule has 0 saturated carbocycles. The van der Waals surface area contributed by atoms with Crippen molar-refractivity contribution in [3.8, 4) is 0 Å². The summed E-state index contributed by atoms with van der Waals surface area (Å²) in [5, 5.41) is 17.8. The highest BCUT2D eigenvalue weighted by atomic mass is 16.5. The van der Waals surface area contributed by atoms with Crippen molar-refractivity contribution in [3.63, 3.8) is 0 Å². The van der Waals surface area contributed by atoms with Gasteiger partial charge in [-0.15, -0.1) is 5.10 Å². The number of hydrogen-bond donors (Lipinski definition) is 2. The van der Waals surface area contributed by atoms with Crippen LogP contribution in [-0.2, 0) is 6.54 Å². The number of carbonyl (C=O) groups is 1. The lowest BCUT2D eigenvalue weighted by molar-refractivity contribution is 0.0942. The largest absolute Gasteiger partial charge is 0.359 e. The Hall–Kier alpha value is -2.22. The average Bonchev–Trinajstić information content (AvgIpc) is 3.15. The van der Waals surface area contributed by atoms with Gasteiger partial charge in [0.2, 0.25) is 0 Å². The first kappa shape index (κ1) is 13.7. The van der Waals surface area contributed by atoms with E-state index in [1.807, 2.05) is 6.92 Å². The van der Waals surface area contributed by atoms with Gasteiger partial charge in [0.05, 0.1) is 24.5 Å². The van der Waals surface area contributed by atoms with Crippen molar-refractivity contribution in [2.45, 2.75) is 32.4 Å². The van der Waals surface area contributed by atoms with Crippen molar-refractivity contribution in [1.82, 2.24) is 30.8 Å². The lowest BCUT2D eigenvalue weighted by Crippen LogP contribution is -2.29. The number of nitrogens with one attached hydrogen (secondary N) is 2. The van der Waals surface area contributed by atoms with Crippen molar-refractivity contribution < 1.29 is 9.32 Å². The van der Waals surface area contributed by atoms with E-state index < -0.39 is 0 Å². The molecule has 0 radical (unpaired) electrons. The molecule has 0 spiro atoms. The molecule has 112 valence electrons. The van der Waals surface area contributed by atoms with Crippen LogP contribution in [0.5, 0.6) is 0 Å². The Balaban J connectivity index is 1.58. The molecule has 1 fully saturated rings. The van der Waals surface area contributed by atoms with Crippen LogP contribution < -0.4 is 10.6 Å². The van der Waals surface area contributed by atoms with Crippen LogP contribution in [0.4, 0.5) is 0 Å². The third kappa shape index (κ3) is 3.27. The molecule has 0 atom stereocenters. The fourth-order valence-corrected chi connectivity index (χ4v) is 2.39. The van der Waals surface area contributed by atoms with Crippen molar-refractivity contribution in [2.75, 3.05) is 13.1 Å². The Morgan fingerprint density at radius 2 is 2.33 bits per heavy atom. The molecular weight excluding hydrogens is 272 g/mol. The third-order valence-corrected chi connectivity index (χ3v) is 3.53. The van der Waals surface area contributed by atoms with Gasteiger partial charge in [0.1, 0.15) is 0 Å². The van der Waals surface area contributed by atoms with E-state index in [4.69, 9.17) is 4.52 Å². The summed E-state index contributed by atoms with van der Waals surface area (Å²) in [6.45, 7) is 4.06. The van der Waals surface area contributed by atoms with Crippen molar-refractivity contribution >= 4 is 5.91 Å². The minimum atomic E-state index is -0.260. The van der Waals surface area contributed by atoms with E-state index in [0.29, 0.717) is 24.0 Å². The number of carbonyl (C=O) groups excluding carboxylic acids is 1. The van der Waals surface area contributed by atoms with Gasteiger partial charge in [-0.3, -0.25) is 4.79 Å². The van der Waals surface area contributed by atoms with Crippen LogP contribution >= 0.6 is 0 Å². The summed E-state index contributed by atoms with van der Waals surface area (Å²) < 4.78 is 6.82. The molecule has 1 aliphatic rings. The minimum absolute atomic E-state index is 0.260. The van der Waals surface area contributed by atoms with Crippen LogP contribution in [0, 0.1) is 6.92 Å². The monoisotopic (exact) mass is 290 g/mol. The summed E-state index contributed by atoms with van der Waals surface area (Å²) in [5.41, 5.74) is 1.11. The number of nitrogens with zero attached hydrogens (tertiary/aromatic N) is 4. The maximum Gasteiger partial charge on any atom is 0.273 e. The average molecular weight is 290 g/mol. The van der Waals surface area contributed by atoms with Gasteiger partial charge in [0, 0.05) is 6.07 Å². The first-order valence-corrected chi connectivity index (χ1v) is 7.05. The maximum atomic E-state index is 12.0. The highest BCUT2D eigenvalue weighted by molar-refractivity contribution is 5.91. The highest BCUT2D eigenvalue weighted by Gasteiger charge is 2.18. The fraction of sp³-hybridized carbons (Fsp3) is 0.538. The molecule has 1 saturated heterocycles. The molecule has 2 aromatic heterocycles. The van der Waals surface area contributed by atoms with Crippen LogP contribution in [-0.4, -0.2) is 39.1 Å². The standard InChI is InChI=1S/C13H18N6O2/c1-9-6-11(21-17-9)7-15-13(20)12-8-19(18-16-12)10-2-4-14-5-3-10/h6,8,10,14H,2-5,7H2,1H3,(H,15,20). The molecular formula is C13H18N6O2. The van der Waals surface area contributed by atoms with Gasteiger partial charge < -0.3 is 15.2 Å². The summed E-state index contributed by atoms with van der Waals surface area (Å²) in [6.07, 6.45) is 3.71. The molecule has 0 bridgehead atoms. The van der Waals surface area contributed by atoms with E-state index in [1.54, 1.807) is 16.9 Å². The van der Waals surface area contributed by atoms with Gasteiger partial charge in [0.25, 0.3) is 5.91 Å². The first-order chi connectivity index (χ1) is 10.2. The summed E-state index contributed by atoms with van der Waals surface area (Å²) in [6, 6.07) is 2.10. The SMILES string of the molecule is Cc1cc(CNC(=O)c2cn(C3CCNCC3)nn2)on1. The van der Waals surface area contributed by atoms with Gasteiger partial charge in [0.15, 0.2) is 11.5 Å². The molecule has 3 rings (SSSR count). The molecule has 8 heteroatoms. The van der Waals surface area contributed by atoms with E-state index >= 15 is 0 Å². The normalized spacial score (nSPS) is 16.0. The van der Waals surface area contributed by atoms with E-state index in [2.05, 4.69) is 26.1 Å². The van der Waals surface area contributed by atoms with E-state index in [-0.39, 0.29) is 5.91 Å². The fourth-order valence-electron chi connectivity index (χ4n) is 2.39.